The van der Waals surface area contributed by atoms with Gasteiger partial charge in [-0.15, -0.1) is 0 Å². The Morgan fingerprint density at radius 1 is 1.25 bits per heavy atom. The van der Waals surface area contributed by atoms with Crippen molar-refractivity contribution in [2.45, 2.75) is 26.7 Å². The summed E-state index contributed by atoms with van der Waals surface area (Å²) in [7, 11) is 0. The minimum atomic E-state index is -0.917. The Balaban J connectivity index is 2.57. The van der Waals surface area contributed by atoms with E-state index in [-0.39, 0.29) is 19.0 Å². The third-order valence-electron chi connectivity index (χ3n) is 2.88. The van der Waals surface area contributed by atoms with E-state index < -0.39 is 5.97 Å². The van der Waals surface area contributed by atoms with E-state index in [0.29, 0.717) is 6.54 Å². The van der Waals surface area contributed by atoms with Crippen LogP contribution < -0.4 is 5.32 Å². The molecule has 0 saturated heterocycles. The highest BCUT2D eigenvalue weighted by molar-refractivity contribution is 5.92. The molecule has 110 valence electrons. The van der Waals surface area contributed by atoms with Gasteiger partial charge in [0.05, 0.1) is 13.1 Å². The van der Waals surface area contributed by atoms with Gasteiger partial charge >= 0.3 is 5.97 Å². The lowest BCUT2D eigenvalue weighted by Crippen LogP contribution is -2.37. The fraction of sp³-hybridized carbons (Fsp3) is 0.467. The van der Waals surface area contributed by atoms with Crippen molar-refractivity contribution in [1.82, 2.24) is 4.90 Å². The van der Waals surface area contributed by atoms with Gasteiger partial charge in [-0.05, 0) is 37.1 Å². The second-order valence-corrected chi connectivity index (χ2v) is 4.71. The molecule has 0 aliphatic rings. The minimum Gasteiger partial charge on any atom is -0.480 e. The maximum Gasteiger partial charge on any atom is 0.317 e. The topological polar surface area (TPSA) is 69.6 Å². The highest BCUT2D eigenvalue weighted by Gasteiger charge is 2.13. The average Bonchev–Trinajstić information content (AvgIpc) is 2.38. The molecule has 0 aliphatic heterocycles. The molecule has 1 rings (SSSR count). The maximum atomic E-state index is 11.9. The third-order valence-corrected chi connectivity index (χ3v) is 2.88. The van der Waals surface area contributed by atoms with Crippen molar-refractivity contribution < 1.29 is 14.7 Å². The second-order valence-electron chi connectivity index (χ2n) is 4.71. The molecule has 0 aromatic heterocycles. The molecule has 1 amide bonds. The molecule has 0 unspecified atom stereocenters. The molecular formula is C15H22N2O3. The molecule has 0 fully saturated rings. The molecule has 1 aromatic carbocycles. The van der Waals surface area contributed by atoms with Crippen LogP contribution in [0.15, 0.2) is 24.3 Å². The fourth-order valence-electron chi connectivity index (χ4n) is 1.99. The lowest BCUT2D eigenvalue weighted by Gasteiger charge is -2.18. The molecule has 0 bridgehead atoms. The van der Waals surface area contributed by atoms with Crippen LogP contribution in [-0.4, -0.2) is 41.5 Å². The zero-order valence-electron chi connectivity index (χ0n) is 12.1. The van der Waals surface area contributed by atoms with E-state index in [1.165, 1.54) is 0 Å². The summed E-state index contributed by atoms with van der Waals surface area (Å²) in [5.41, 5.74) is 1.90. The van der Waals surface area contributed by atoms with E-state index in [9.17, 15) is 9.59 Å². The van der Waals surface area contributed by atoms with Crippen LogP contribution in [0.1, 0.15) is 25.8 Å². The Kier molecular flexibility index (Phi) is 6.73. The number of aryl methyl sites for hydroxylation is 1. The van der Waals surface area contributed by atoms with Crippen LogP contribution in [0.4, 0.5) is 5.69 Å². The van der Waals surface area contributed by atoms with Crippen molar-refractivity contribution in [3.63, 3.8) is 0 Å². The highest BCUT2D eigenvalue weighted by atomic mass is 16.4. The highest BCUT2D eigenvalue weighted by Crippen LogP contribution is 2.11. The first-order valence-corrected chi connectivity index (χ1v) is 6.88. The van der Waals surface area contributed by atoms with Gasteiger partial charge in [0.2, 0.25) is 5.91 Å². The summed E-state index contributed by atoms with van der Waals surface area (Å²) in [6.45, 7) is 4.58. The smallest absolute Gasteiger partial charge is 0.317 e. The van der Waals surface area contributed by atoms with E-state index >= 15 is 0 Å². The van der Waals surface area contributed by atoms with Crippen LogP contribution >= 0.6 is 0 Å². The zero-order valence-corrected chi connectivity index (χ0v) is 12.1. The van der Waals surface area contributed by atoms with E-state index in [1.54, 1.807) is 4.90 Å². The maximum absolute atomic E-state index is 11.9. The number of benzene rings is 1. The number of nitrogens with zero attached hydrogens (tertiary/aromatic N) is 1. The molecule has 0 spiro atoms. The monoisotopic (exact) mass is 278 g/mol. The average molecular weight is 278 g/mol. The number of rotatable bonds is 8. The number of hydrogen-bond acceptors (Lipinski definition) is 3. The van der Waals surface area contributed by atoms with E-state index in [0.717, 1.165) is 24.1 Å². The number of anilines is 1. The lowest BCUT2D eigenvalue weighted by atomic mass is 10.1. The SMILES string of the molecule is CCCN(CC(=O)O)CC(=O)Nc1cccc(CC)c1. The Morgan fingerprint density at radius 2 is 2.00 bits per heavy atom. The lowest BCUT2D eigenvalue weighted by molar-refractivity contribution is -0.138. The van der Waals surface area contributed by atoms with E-state index in [4.69, 9.17) is 5.11 Å². The first-order chi connectivity index (χ1) is 9.55. The quantitative estimate of drug-likeness (QED) is 0.763. The standard InChI is InChI=1S/C15H22N2O3/c1-3-8-17(11-15(19)20)10-14(18)16-13-7-5-6-12(4-2)9-13/h5-7,9H,3-4,8,10-11H2,1-2H3,(H,16,18)(H,19,20). The normalized spacial score (nSPS) is 10.6. The van der Waals surface area contributed by atoms with Gasteiger partial charge in [-0.3, -0.25) is 14.5 Å². The first kappa shape index (κ1) is 16.2. The van der Waals surface area contributed by atoms with Gasteiger partial charge in [0.1, 0.15) is 0 Å². The zero-order chi connectivity index (χ0) is 15.0. The number of carbonyl (C=O) groups excluding carboxylic acids is 1. The van der Waals surface area contributed by atoms with E-state index in [2.05, 4.69) is 12.2 Å². The summed E-state index contributed by atoms with van der Waals surface area (Å²) in [6.07, 6.45) is 1.72. The summed E-state index contributed by atoms with van der Waals surface area (Å²) in [4.78, 5) is 24.3. The van der Waals surface area contributed by atoms with Gasteiger partial charge in [0.25, 0.3) is 0 Å². The van der Waals surface area contributed by atoms with Gasteiger partial charge in [0, 0.05) is 5.69 Å². The van der Waals surface area contributed by atoms with Crippen molar-refractivity contribution in [2.24, 2.45) is 0 Å². The van der Waals surface area contributed by atoms with Crippen molar-refractivity contribution in [2.75, 3.05) is 25.0 Å². The Bertz CT molecular complexity index is 460. The summed E-state index contributed by atoms with van der Waals surface area (Å²) in [6, 6.07) is 7.66. The summed E-state index contributed by atoms with van der Waals surface area (Å²) in [5, 5.41) is 11.6. The molecule has 5 heteroatoms. The molecule has 0 aliphatic carbocycles. The van der Waals surface area contributed by atoms with Gasteiger partial charge < -0.3 is 10.4 Å². The number of carboxylic acids is 1. The number of nitrogens with one attached hydrogen (secondary N) is 1. The number of hydrogen-bond donors (Lipinski definition) is 2. The largest absolute Gasteiger partial charge is 0.480 e. The van der Waals surface area contributed by atoms with Crippen molar-refractivity contribution in [1.29, 1.82) is 0 Å². The number of aliphatic carboxylic acids is 1. The molecule has 20 heavy (non-hydrogen) atoms. The Hall–Kier alpha value is -1.88. The molecule has 0 heterocycles. The second kappa shape index (κ2) is 8.32. The van der Waals surface area contributed by atoms with Crippen LogP contribution in [0.5, 0.6) is 0 Å². The fourth-order valence-corrected chi connectivity index (χ4v) is 1.99. The van der Waals surface area contributed by atoms with Crippen LogP contribution in [0, 0.1) is 0 Å². The minimum absolute atomic E-state index is 0.0937. The Morgan fingerprint density at radius 3 is 2.60 bits per heavy atom. The first-order valence-electron chi connectivity index (χ1n) is 6.88. The third kappa shape index (κ3) is 5.84. The van der Waals surface area contributed by atoms with Gasteiger partial charge in [-0.25, -0.2) is 0 Å². The summed E-state index contributed by atoms with van der Waals surface area (Å²) < 4.78 is 0. The number of carboxylic acid groups (broad SMARTS) is 1. The van der Waals surface area contributed by atoms with Crippen molar-refractivity contribution >= 4 is 17.6 Å². The molecule has 0 radical (unpaired) electrons. The van der Waals surface area contributed by atoms with Crippen molar-refractivity contribution in [3.05, 3.63) is 29.8 Å². The molecule has 2 N–H and O–H groups in total. The number of carbonyl (C=O) groups is 2. The van der Waals surface area contributed by atoms with Crippen LogP contribution in [0.3, 0.4) is 0 Å². The summed E-state index contributed by atoms with van der Waals surface area (Å²) >= 11 is 0. The predicted octanol–water partition coefficient (Wildman–Crippen LogP) is 1.98. The molecular weight excluding hydrogens is 256 g/mol. The molecule has 0 saturated carbocycles. The number of amides is 1. The predicted molar refractivity (Wildman–Crippen MR) is 78.8 cm³/mol. The van der Waals surface area contributed by atoms with Crippen LogP contribution in [0.25, 0.3) is 0 Å². The molecule has 0 atom stereocenters. The van der Waals surface area contributed by atoms with Crippen LogP contribution in [0.2, 0.25) is 0 Å². The van der Waals surface area contributed by atoms with Crippen molar-refractivity contribution in [3.8, 4) is 0 Å². The van der Waals surface area contributed by atoms with Gasteiger partial charge in [-0.1, -0.05) is 26.0 Å². The molecule has 1 aromatic rings. The van der Waals surface area contributed by atoms with Gasteiger partial charge in [0.15, 0.2) is 0 Å². The van der Waals surface area contributed by atoms with E-state index in [1.807, 2.05) is 31.2 Å². The van der Waals surface area contributed by atoms with Crippen LogP contribution in [-0.2, 0) is 16.0 Å². The van der Waals surface area contributed by atoms with Gasteiger partial charge in [-0.2, -0.15) is 0 Å². The summed E-state index contributed by atoms with van der Waals surface area (Å²) in [5.74, 6) is -1.10. The molecule has 5 nitrogen and oxygen atoms in total. The Labute approximate surface area is 119 Å².